The number of fused-ring (bicyclic) bond motifs is 1. The summed E-state index contributed by atoms with van der Waals surface area (Å²) in [5.74, 6) is -3.94. The Balaban J connectivity index is 1.47. The number of hydrogen-bond acceptors (Lipinski definition) is 8. The molecule has 5 aromatic rings. The molecule has 0 aliphatic carbocycles. The number of rotatable bonds is 10. The van der Waals surface area contributed by atoms with Gasteiger partial charge in [-0.25, -0.2) is 17.8 Å². The summed E-state index contributed by atoms with van der Waals surface area (Å²) in [6.07, 6.45) is 6.46. The topological polar surface area (TPSA) is 139 Å². The second-order valence-corrected chi connectivity index (χ2v) is 13.3. The Kier molecular flexibility index (Phi) is 8.85. The van der Waals surface area contributed by atoms with Gasteiger partial charge in [-0.3, -0.25) is 14.1 Å². The van der Waals surface area contributed by atoms with E-state index in [2.05, 4.69) is 10.1 Å². The van der Waals surface area contributed by atoms with Crippen molar-refractivity contribution in [3.63, 3.8) is 0 Å². The van der Waals surface area contributed by atoms with Gasteiger partial charge in [0.25, 0.3) is 10.0 Å². The lowest BCUT2D eigenvalue weighted by atomic mass is 10.0. The third-order valence-electron chi connectivity index (χ3n) is 8.11. The molecule has 4 heterocycles. The first kappa shape index (κ1) is 32.3. The van der Waals surface area contributed by atoms with E-state index < -0.39 is 27.7 Å². The predicted octanol–water partition coefficient (Wildman–Crippen LogP) is 6.72. The number of nitrogens with two attached hydrogens (primary N) is 1. The summed E-state index contributed by atoms with van der Waals surface area (Å²) in [5.41, 5.74) is 10.1. The van der Waals surface area contributed by atoms with Crippen LogP contribution in [0.2, 0.25) is 0 Å². The largest absolute Gasteiger partial charge is 0.484 e. The van der Waals surface area contributed by atoms with Crippen molar-refractivity contribution in [2.24, 2.45) is 0 Å². The number of hydrogen-bond donors (Lipinski definition) is 2. The van der Waals surface area contributed by atoms with Crippen LogP contribution in [-0.4, -0.2) is 51.9 Å². The Bertz CT molecular complexity index is 2010. The number of nitrogens with zero attached hydrogens (tertiary/aromatic N) is 5. The number of nitrogens with one attached hydrogen (secondary N) is 1. The Morgan fingerprint density at radius 3 is 2.45 bits per heavy atom. The van der Waals surface area contributed by atoms with Gasteiger partial charge < -0.3 is 15.2 Å². The van der Waals surface area contributed by atoms with E-state index in [-0.39, 0.29) is 29.3 Å². The van der Waals surface area contributed by atoms with Crippen molar-refractivity contribution < 1.29 is 31.1 Å². The number of pyridine rings is 1. The van der Waals surface area contributed by atoms with Crippen molar-refractivity contribution in [1.29, 1.82) is 0 Å². The number of anilines is 2. The molecule has 1 aliphatic heterocycles. The standard InChI is InChI=1S/C32H34F3N7O4S/c1-18(2)42-30-25(22-15-38-41(17-22)24-10-12-45-13-11-24)16-37-31(36)28(30)29(39-42)21-6-9-26(40-47(43,44)32(34)35)27(14-21)46-19(3)20-4-7-23(33)8-5-20/h4-9,14-19,24,32,40H,10-13H2,1-3H3,(H2,36,37)/t19-/m0/s1. The highest BCUT2D eigenvalue weighted by Gasteiger charge is 2.28. The molecule has 0 radical (unpaired) electrons. The molecule has 3 N–H and O–H groups in total. The normalized spacial score (nSPS) is 15.1. The van der Waals surface area contributed by atoms with Crippen molar-refractivity contribution >= 4 is 32.4 Å². The van der Waals surface area contributed by atoms with Gasteiger partial charge in [-0.2, -0.15) is 19.0 Å². The van der Waals surface area contributed by atoms with E-state index in [9.17, 15) is 21.6 Å². The van der Waals surface area contributed by atoms with Gasteiger partial charge in [-0.05, 0) is 63.4 Å². The SMILES string of the molecule is CC(C)n1nc(-c2ccc(NS(=O)(=O)C(F)F)c(O[C@@H](C)c3ccc(F)cc3)c2)c2c(N)ncc(-c3cnn(C4CCOCC4)c3)c21. The second-order valence-electron chi connectivity index (χ2n) is 11.7. The molecular weight excluding hydrogens is 635 g/mol. The van der Waals surface area contributed by atoms with Gasteiger partial charge in [-0.15, -0.1) is 0 Å². The van der Waals surface area contributed by atoms with Gasteiger partial charge in [0.05, 0.1) is 28.8 Å². The number of benzene rings is 2. The van der Waals surface area contributed by atoms with Crippen LogP contribution >= 0.6 is 0 Å². The average Bonchev–Trinajstić information content (AvgIpc) is 3.70. The lowest BCUT2D eigenvalue weighted by Crippen LogP contribution is -2.21. The molecule has 1 saturated heterocycles. The summed E-state index contributed by atoms with van der Waals surface area (Å²) in [4.78, 5) is 4.50. The zero-order valence-corrected chi connectivity index (χ0v) is 26.7. The summed E-state index contributed by atoms with van der Waals surface area (Å²) in [6, 6.07) is 10.0. The molecule has 1 aliphatic rings. The van der Waals surface area contributed by atoms with E-state index in [1.165, 1.54) is 36.4 Å². The monoisotopic (exact) mass is 669 g/mol. The number of alkyl halides is 2. The highest BCUT2D eigenvalue weighted by Crippen LogP contribution is 2.41. The number of aromatic nitrogens is 5. The fourth-order valence-electron chi connectivity index (χ4n) is 5.65. The minimum absolute atomic E-state index is 0.0452. The van der Waals surface area contributed by atoms with E-state index in [1.54, 1.807) is 25.4 Å². The van der Waals surface area contributed by atoms with Crippen molar-refractivity contribution in [3.8, 4) is 28.1 Å². The molecule has 15 heteroatoms. The van der Waals surface area contributed by atoms with Crippen molar-refractivity contribution in [3.05, 3.63) is 72.4 Å². The molecule has 0 bridgehead atoms. The summed E-state index contributed by atoms with van der Waals surface area (Å²) < 4.78 is 81.9. The Labute approximate surface area is 269 Å². The fourth-order valence-corrected chi connectivity index (χ4v) is 6.21. The molecule has 2 aromatic carbocycles. The van der Waals surface area contributed by atoms with Crippen LogP contribution < -0.4 is 15.2 Å². The summed E-state index contributed by atoms with van der Waals surface area (Å²) in [5, 5.41) is 10.1. The molecule has 1 fully saturated rings. The van der Waals surface area contributed by atoms with Crippen LogP contribution in [0, 0.1) is 5.82 Å². The average molecular weight is 670 g/mol. The molecule has 6 rings (SSSR count). The molecule has 11 nitrogen and oxygen atoms in total. The predicted molar refractivity (Wildman–Crippen MR) is 172 cm³/mol. The summed E-state index contributed by atoms with van der Waals surface area (Å²) >= 11 is 0. The minimum Gasteiger partial charge on any atom is -0.484 e. The maximum Gasteiger partial charge on any atom is 0.355 e. The lowest BCUT2D eigenvalue weighted by Gasteiger charge is -2.22. The van der Waals surface area contributed by atoms with E-state index in [4.69, 9.17) is 20.3 Å². The zero-order valence-electron chi connectivity index (χ0n) is 25.9. The van der Waals surface area contributed by atoms with Gasteiger partial charge in [-0.1, -0.05) is 18.2 Å². The van der Waals surface area contributed by atoms with Crippen LogP contribution in [0.3, 0.4) is 0 Å². The minimum atomic E-state index is -5.03. The number of sulfonamides is 1. The summed E-state index contributed by atoms with van der Waals surface area (Å²) in [7, 11) is -5.03. The maximum atomic E-state index is 13.6. The molecule has 1 atom stereocenters. The number of halogens is 3. The quantitative estimate of drug-likeness (QED) is 0.167. The first-order chi connectivity index (χ1) is 22.4. The Morgan fingerprint density at radius 2 is 1.77 bits per heavy atom. The van der Waals surface area contributed by atoms with E-state index >= 15 is 0 Å². The van der Waals surface area contributed by atoms with Gasteiger partial charge in [0.1, 0.15) is 29.2 Å². The molecule has 0 saturated carbocycles. The number of ether oxygens (including phenoxy) is 2. The Hall–Kier alpha value is -4.63. The van der Waals surface area contributed by atoms with E-state index in [0.717, 1.165) is 29.5 Å². The lowest BCUT2D eigenvalue weighted by molar-refractivity contribution is 0.0662. The first-order valence-corrected chi connectivity index (χ1v) is 16.6. The van der Waals surface area contributed by atoms with Gasteiger partial charge in [0, 0.05) is 48.3 Å². The molecule has 0 amide bonds. The highest BCUT2D eigenvalue weighted by molar-refractivity contribution is 7.93. The van der Waals surface area contributed by atoms with Crippen molar-refractivity contribution in [2.75, 3.05) is 23.7 Å². The van der Waals surface area contributed by atoms with Gasteiger partial charge in [0.15, 0.2) is 0 Å². The maximum absolute atomic E-state index is 13.6. The van der Waals surface area contributed by atoms with Crippen LogP contribution in [0.1, 0.15) is 57.4 Å². The molecular formula is C32H34F3N7O4S. The first-order valence-electron chi connectivity index (χ1n) is 15.1. The second kappa shape index (κ2) is 12.9. The Morgan fingerprint density at radius 1 is 1.04 bits per heavy atom. The van der Waals surface area contributed by atoms with Crippen molar-refractivity contribution in [2.45, 2.75) is 57.6 Å². The van der Waals surface area contributed by atoms with E-state index in [0.29, 0.717) is 35.4 Å². The van der Waals surface area contributed by atoms with Crippen LogP contribution in [0.4, 0.5) is 24.7 Å². The van der Waals surface area contributed by atoms with Crippen LogP contribution in [-0.2, 0) is 14.8 Å². The zero-order chi connectivity index (χ0) is 33.5. The smallest absolute Gasteiger partial charge is 0.355 e. The molecule has 248 valence electrons. The van der Waals surface area contributed by atoms with Crippen LogP contribution in [0.25, 0.3) is 33.3 Å². The molecule has 0 spiro atoms. The molecule has 47 heavy (non-hydrogen) atoms. The number of nitrogen functional groups attached to an aromatic ring is 1. The molecule has 0 unspecified atom stereocenters. The third-order valence-corrected chi connectivity index (χ3v) is 9.08. The van der Waals surface area contributed by atoms with Crippen molar-refractivity contribution in [1.82, 2.24) is 24.5 Å². The van der Waals surface area contributed by atoms with E-state index in [1.807, 2.05) is 34.1 Å². The molecule has 3 aromatic heterocycles. The fraction of sp³-hybridized carbons (Fsp3) is 0.344. The summed E-state index contributed by atoms with van der Waals surface area (Å²) in [6.45, 7) is 6.97. The van der Waals surface area contributed by atoms with Crippen LogP contribution in [0.5, 0.6) is 5.75 Å². The van der Waals surface area contributed by atoms with Gasteiger partial charge in [0.2, 0.25) is 0 Å². The van der Waals surface area contributed by atoms with Gasteiger partial charge >= 0.3 is 5.76 Å². The van der Waals surface area contributed by atoms with Crippen LogP contribution in [0.15, 0.2) is 61.1 Å². The third kappa shape index (κ3) is 6.49. The highest BCUT2D eigenvalue weighted by atomic mass is 32.2.